The number of thiophene rings is 1. The largest absolute Gasteiger partial charge is 0.314 e. The molecule has 3 heterocycles. The molecule has 1 aromatic heterocycles. The predicted molar refractivity (Wildman–Crippen MR) is 93.8 cm³/mol. The van der Waals surface area contributed by atoms with Crippen LogP contribution in [-0.4, -0.2) is 38.4 Å². The normalized spacial score (nSPS) is 24.4. The standard InChI is InChI=1S/C14H21ClN2O2S2.ClH/c1-10-9-13(20-14(10)15)21(18,19)17-7-4-11(5-8-17)12-3-2-6-16-12;/h9,11-12,16H,2-8H2,1H3;1H. The lowest BCUT2D eigenvalue weighted by atomic mass is 9.89. The predicted octanol–water partition coefficient (Wildman–Crippen LogP) is 3.28. The average molecular weight is 385 g/mol. The number of rotatable bonds is 3. The van der Waals surface area contributed by atoms with Crippen molar-refractivity contribution in [3.8, 4) is 0 Å². The second-order valence-electron chi connectivity index (χ2n) is 5.97. The van der Waals surface area contributed by atoms with E-state index in [9.17, 15) is 8.42 Å². The van der Waals surface area contributed by atoms with Gasteiger partial charge in [-0.1, -0.05) is 11.6 Å². The zero-order valence-corrected chi connectivity index (χ0v) is 15.8. The van der Waals surface area contributed by atoms with Gasteiger partial charge in [0.25, 0.3) is 10.0 Å². The molecule has 2 aliphatic heterocycles. The Morgan fingerprint density at radius 1 is 1.32 bits per heavy atom. The maximum Gasteiger partial charge on any atom is 0.252 e. The van der Waals surface area contributed by atoms with Crippen LogP contribution in [0, 0.1) is 12.8 Å². The lowest BCUT2D eigenvalue weighted by molar-refractivity contribution is 0.234. The molecule has 3 rings (SSSR count). The number of nitrogens with one attached hydrogen (secondary N) is 1. The Bertz CT molecular complexity index is 585. The molecular formula is C14H22Cl2N2O2S2. The van der Waals surface area contributed by atoms with Gasteiger partial charge in [-0.15, -0.1) is 23.7 Å². The van der Waals surface area contributed by atoms with Crippen molar-refractivity contribution in [1.29, 1.82) is 0 Å². The molecule has 1 atom stereocenters. The molecule has 8 heteroatoms. The van der Waals surface area contributed by atoms with Gasteiger partial charge < -0.3 is 5.32 Å². The number of nitrogens with zero attached hydrogens (tertiary/aromatic N) is 1. The highest BCUT2D eigenvalue weighted by atomic mass is 35.5. The molecule has 2 aliphatic rings. The first kappa shape index (κ1) is 18.5. The quantitative estimate of drug-likeness (QED) is 0.869. The minimum Gasteiger partial charge on any atom is -0.314 e. The summed E-state index contributed by atoms with van der Waals surface area (Å²) in [7, 11) is -3.36. The molecule has 1 aromatic rings. The SMILES string of the molecule is Cc1cc(S(=O)(=O)N2CCC(C3CCCN3)CC2)sc1Cl.Cl. The minimum absolute atomic E-state index is 0. The fourth-order valence-electron chi connectivity index (χ4n) is 3.32. The summed E-state index contributed by atoms with van der Waals surface area (Å²) in [6, 6.07) is 2.28. The molecule has 0 aromatic carbocycles. The maximum absolute atomic E-state index is 12.6. The molecule has 126 valence electrons. The van der Waals surface area contributed by atoms with Crippen LogP contribution in [0.4, 0.5) is 0 Å². The maximum atomic E-state index is 12.6. The summed E-state index contributed by atoms with van der Waals surface area (Å²) in [6.07, 6.45) is 4.39. The Morgan fingerprint density at radius 3 is 2.50 bits per heavy atom. The number of aryl methyl sites for hydroxylation is 1. The molecule has 0 radical (unpaired) electrons. The monoisotopic (exact) mass is 384 g/mol. The van der Waals surface area contributed by atoms with Gasteiger partial charge in [-0.25, -0.2) is 8.42 Å². The zero-order valence-electron chi connectivity index (χ0n) is 12.5. The van der Waals surface area contributed by atoms with Gasteiger partial charge >= 0.3 is 0 Å². The summed E-state index contributed by atoms with van der Waals surface area (Å²) < 4.78 is 27.9. The van der Waals surface area contributed by atoms with Crippen LogP contribution in [-0.2, 0) is 10.0 Å². The highest BCUT2D eigenvalue weighted by Gasteiger charge is 2.34. The van der Waals surface area contributed by atoms with E-state index in [0.29, 0.717) is 33.6 Å². The van der Waals surface area contributed by atoms with Gasteiger partial charge in [0.05, 0.1) is 4.34 Å². The smallest absolute Gasteiger partial charge is 0.252 e. The van der Waals surface area contributed by atoms with E-state index in [4.69, 9.17) is 11.6 Å². The van der Waals surface area contributed by atoms with Crippen molar-refractivity contribution in [2.45, 2.75) is 42.9 Å². The van der Waals surface area contributed by atoms with Crippen molar-refractivity contribution in [1.82, 2.24) is 9.62 Å². The highest BCUT2D eigenvalue weighted by molar-refractivity contribution is 7.91. The molecule has 2 fully saturated rings. The van der Waals surface area contributed by atoms with E-state index in [1.54, 1.807) is 10.4 Å². The van der Waals surface area contributed by atoms with Crippen molar-refractivity contribution in [3.05, 3.63) is 16.0 Å². The van der Waals surface area contributed by atoms with Crippen LogP contribution in [0.25, 0.3) is 0 Å². The van der Waals surface area contributed by atoms with Gasteiger partial charge in [-0.2, -0.15) is 4.31 Å². The third-order valence-electron chi connectivity index (χ3n) is 4.59. The van der Waals surface area contributed by atoms with Gasteiger partial charge in [0, 0.05) is 19.1 Å². The molecule has 1 unspecified atom stereocenters. The Morgan fingerprint density at radius 2 is 2.00 bits per heavy atom. The molecule has 2 saturated heterocycles. The second-order valence-corrected chi connectivity index (χ2v) is 9.79. The first-order valence-electron chi connectivity index (χ1n) is 7.48. The van der Waals surface area contributed by atoms with Gasteiger partial charge in [0.15, 0.2) is 0 Å². The van der Waals surface area contributed by atoms with Crippen molar-refractivity contribution in [2.24, 2.45) is 5.92 Å². The Hall–Kier alpha value is 0.150. The van der Waals surface area contributed by atoms with Crippen LogP contribution >= 0.6 is 35.3 Å². The highest BCUT2D eigenvalue weighted by Crippen LogP contribution is 2.34. The lowest BCUT2D eigenvalue weighted by Gasteiger charge is -2.33. The third kappa shape index (κ3) is 3.62. The summed E-state index contributed by atoms with van der Waals surface area (Å²) in [5.41, 5.74) is 0.838. The molecule has 0 amide bonds. The van der Waals surface area contributed by atoms with Crippen LogP contribution < -0.4 is 5.32 Å². The van der Waals surface area contributed by atoms with E-state index in [1.165, 1.54) is 12.8 Å². The Kier molecular flexibility index (Phi) is 6.19. The van der Waals surface area contributed by atoms with Gasteiger partial charge in [-0.3, -0.25) is 0 Å². The summed E-state index contributed by atoms with van der Waals surface area (Å²) in [6.45, 7) is 4.20. The number of hydrogen-bond acceptors (Lipinski definition) is 4. The molecule has 1 N–H and O–H groups in total. The summed E-state index contributed by atoms with van der Waals surface area (Å²) in [5, 5.41) is 3.54. The molecule has 0 spiro atoms. The average Bonchev–Trinajstić information content (AvgIpc) is 3.10. The van der Waals surface area contributed by atoms with Crippen molar-refractivity contribution in [2.75, 3.05) is 19.6 Å². The van der Waals surface area contributed by atoms with Crippen LogP contribution in [0.3, 0.4) is 0 Å². The fraction of sp³-hybridized carbons (Fsp3) is 0.714. The van der Waals surface area contributed by atoms with Crippen LogP contribution in [0.2, 0.25) is 4.34 Å². The van der Waals surface area contributed by atoms with E-state index >= 15 is 0 Å². The van der Waals surface area contributed by atoms with E-state index in [0.717, 1.165) is 36.3 Å². The summed E-state index contributed by atoms with van der Waals surface area (Å²) >= 11 is 7.18. The second kappa shape index (κ2) is 7.36. The Labute approximate surface area is 147 Å². The first-order valence-corrected chi connectivity index (χ1v) is 10.1. The molecule has 4 nitrogen and oxygen atoms in total. The Balaban J connectivity index is 0.00000176. The van der Waals surface area contributed by atoms with Crippen molar-refractivity contribution >= 4 is 45.4 Å². The van der Waals surface area contributed by atoms with E-state index < -0.39 is 10.0 Å². The number of sulfonamides is 1. The van der Waals surface area contributed by atoms with E-state index in [1.807, 2.05) is 6.92 Å². The molecule has 0 bridgehead atoms. The molecule has 22 heavy (non-hydrogen) atoms. The number of halogens is 2. The fourth-order valence-corrected chi connectivity index (χ4v) is 6.65. The van der Waals surface area contributed by atoms with Crippen LogP contribution in [0.5, 0.6) is 0 Å². The van der Waals surface area contributed by atoms with E-state index in [2.05, 4.69) is 5.32 Å². The summed E-state index contributed by atoms with van der Waals surface area (Å²) in [4.78, 5) is 0. The number of hydrogen-bond donors (Lipinski definition) is 1. The van der Waals surface area contributed by atoms with Crippen molar-refractivity contribution < 1.29 is 8.42 Å². The molecular weight excluding hydrogens is 363 g/mol. The lowest BCUT2D eigenvalue weighted by Crippen LogP contribution is -2.43. The first-order chi connectivity index (χ1) is 9.98. The topological polar surface area (TPSA) is 49.4 Å². The van der Waals surface area contributed by atoms with Gasteiger partial charge in [0.1, 0.15) is 4.21 Å². The summed E-state index contributed by atoms with van der Waals surface area (Å²) in [5.74, 6) is 0.618. The van der Waals surface area contributed by atoms with Crippen LogP contribution in [0.15, 0.2) is 10.3 Å². The zero-order chi connectivity index (χ0) is 15.0. The molecule has 0 saturated carbocycles. The number of piperidine rings is 1. The van der Waals surface area contributed by atoms with Crippen molar-refractivity contribution in [3.63, 3.8) is 0 Å². The van der Waals surface area contributed by atoms with Gasteiger partial charge in [-0.05, 0) is 56.7 Å². The van der Waals surface area contributed by atoms with E-state index in [-0.39, 0.29) is 12.4 Å². The van der Waals surface area contributed by atoms with Gasteiger partial charge in [0.2, 0.25) is 0 Å². The third-order valence-corrected chi connectivity index (χ3v) is 8.50. The molecule has 0 aliphatic carbocycles. The van der Waals surface area contributed by atoms with Crippen LogP contribution in [0.1, 0.15) is 31.2 Å². The minimum atomic E-state index is -3.36.